The highest BCUT2D eigenvalue weighted by Crippen LogP contribution is 2.59. The van der Waals surface area contributed by atoms with Crippen LogP contribution in [0, 0.1) is 26.2 Å². The minimum Gasteiger partial charge on any atom is -0.380 e. The van der Waals surface area contributed by atoms with E-state index in [1.54, 1.807) is 4.90 Å². The lowest BCUT2D eigenvalue weighted by Crippen LogP contribution is -2.47. The van der Waals surface area contributed by atoms with Gasteiger partial charge in [0.25, 0.3) is 0 Å². The van der Waals surface area contributed by atoms with E-state index in [2.05, 4.69) is 55.3 Å². The Morgan fingerprint density at radius 2 is 1.83 bits per heavy atom. The number of amides is 2. The van der Waals surface area contributed by atoms with E-state index in [9.17, 15) is 9.59 Å². The molecule has 3 atom stereocenters. The van der Waals surface area contributed by atoms with Crippen LogP contribution < -0.4 is 5.32 Å². The Balaban J connectivity index is 1.21. The smallest absolute Gasteiger partial charge is 0.248 e. The van der Waals surface area contributed by atoms with E-state index in [-0.39, 0.29) is 35.7 Å². The molecule has 2 aliphatic heterocycles. The molecule has 11 heteroatoms. The summed E-state index contributed by atoms with van der Waals surface area (Å²) < 4.78 is 7.97. The zero-order valence-corrected chi connectivity index (χ0v) is 25.6. The molecular formula is C31H32BrN7O3. The molecular weight excluding hydrogens is 598 g/mol. The topological polar surface area (TPSA) is 115 Å². The molecule has 0 radical (unpaired) electrons. The first-order valence-corrected chi connectivity index (χ1v) is 15.0. The van der Waals surface area contributed by atoms with Gasteiger partial charge in [-0.3, -0.25) is 14.3 Å². The molecule has 216 valence electrons. The van der Waals surface area contributed by atoms with E-state index in [0.717, 1.165) is 51.1 Å². The van der Waals surface area contributed by atoms with Crippen LogP contribution in [0.15, 0.2) is 41.3 Å². The van der Waals surface area contributed by atoms with Crippen molar-refractivity contribution in [2.24, 2.45) is 5.41 Å². The van der Waals surface area contributed by atoms with Crippen LogP contribution in [0.5, 0.6) is 0 Å². The van der Waals surface area contributed by atoms with E-state index in [1.165, 1.54) is 0 Å². The summed E-state index contributed by atoms with van der Waals surface area (Å²) in [6.07, 6.45) is 5.20. The Morgan fingerprint density at radius 3 is 2.55 bits per heavy atom. The van der Waals surface area contributed by atoms with Crippen molar-refractivity contribution in [3.63, 3.8) is 0 Å². The fraction of sp³-hybridized carbons (Fsp3) is 0.419. The first kappa shape index (κ1) is 27.2. The average molecular weight is 631 g/mol. The Morgan fingerprint density at radius 1 is 1.07 bits per heavy atom. The lowest BCUT2D eigenvalue weighted by Gasteiger charge is -2.27. The van der Waals surface area contributed by atoms with Crippen LogP contribution in [0.1, 0.15) is 48.3 Å². The van der Waals surface area contributed by atoms with Gasteiger partial charge in [0, 0.05) is 29.4 Å². The van der Waals surface area contributed by atoms with Crippen molar-refractivity contribution < 1.29 is 14.3 Å². The van der Waals surface area contributed by atoms with Crippen LogP contribution in [-0.2, 0) is 20.9 Å². The van der Waals surface area contributed by atoms with Crippen LogP contribution >= 0.6 is 15.9 Å². The fourth-order valence-electron chi connectivity index (χ4n) is 6.47. The van der Waals surface area contributed by atoms with Crippen molar-refractivity contribution in [3.8, 4) is 11.1 Å². The minimum atomic E-state index is -0.558. The highest BCUT2D eigenvalue weighted by molar-refractivity contribution is 9.10. The Labute approximate surface area is 252 Å². The summed E-state index contributed by atoms with van der Waals surface area (Å²) in [4.78, 5) is 42.6. The van der Waals surface area contributed by atoms with Crippen LogP contribution in [0.25, 0.3) is 22.0 Å². The quantitative estimate of drug-likeness (QED) is 0.307. The van der Waals surface area contributed by atoms with E-state index in [1.807, 2.05) is 50.0 Å². The van der Waals surface area contributed by atoms with Gasteiger partial charge in [0.05, 0.1) is 30.3 Å². The molecule has 4 aromatic rings. The van der Waals surface area contributed by atoms with Gasteiger partial charge in [0.15, 0.2) is 0 Å². The van der Waals surface area contributed by atoms with E-state index >= 15 is 0 Å². The summed E-state index contributed by atoms with van der Waals surface area (Å²) in [6, 6.07) is 7.44. The molecule has 3 aromatic heterocycles. The maximum Gasteiger partial charge on any atom is 0.248 e. The van der Waals surface area contributed by atoms with Crippen LogP contribution in [0.2, 0.25) is 0 Å². The number of likely N-dealkylation sites (tertiary alicyclic amines) is 1. The molecule has 5 heterocycles. The summed E-state index contributed by atoms with van der Waals surface area (Å²) in [5.74, 6) is 1.09. The average Bonchev–Trinajstić information content (AvgIpc) is 3.29. The highest BCUT2D eigenvalue weighted by atomic mass is 79.9. The number of carbonyl (C=O) groups is 2. The first-order chi connectivity index (χ1) is 20.1. The van der Waals surface area contributed by atoms with Crippen LogP contribution in [0.3, 0.4) is 0 Å². The number of anilines is 1. The van der Waals surface area contributed by atoms with Gasteiger partial charge in [-0.1, -0.05) is 13.0 Å². The molecule has 3 fully saturated rings. The zero-order chi connectivity index (χ0) is 29.3. The molecule has 0 spiro atoms. The first-order valence-electron chi connectivity index (χ1n) is 14.2. The van der Waals surface area contributed by atoms with Crippen LogP contribution in [0.4, 0.5) is 5.82 Å². The number of aromatic nitrogens is 5. The maximum absolute atomic E-state index is 14.0. The van der Waals surface area contributed by atoms with E-state index in [4.69, 9.17) is 9.84 Å². The molecule has 10 nitrogen and oxygen atoms in total. The summed E-state index contributed by atoms with van der Waals surface area (Å²) in [5, 5.41) is 8.98. The van der Waals surface area contributed by atoms with Gasteiger partial charge in [0.2, 0.25) is 11.8 Å². The fourth-order valence-corrected chi connectivity index (χ4v) is 6.78. The third kappa shape index (κ3) is 4.59. The maximum atomic E-state index is 14.0. The van der Waals surface area contributed by atoms with Crippen LogP contribution in [-0.4, -0.2) is 66.7 Å². The number of nitrogens with one attached hydrogen (secondary N) is 1. The lowest BCUT2D eigenvalue weighted by atomic mass is 9.96. The molecule has 7 rings (SSSR count). The molecule has 0 bridgehead atoms. The van der Waals surface area contributed by atoms with Crippen molar-refractivity contribution in [2.45, 2.75) is 65.1 Å². The number of rotatable bonds is 6. The van der Waals surface area contributed by atoms with Gasteiger partial charge in [0.1, 0.15) is 28.8 Å². The Kier molecular flexibility index (Phi) is 6.43. The summed E-state index contributed by atoms with van der Waals surface area (Å²) >= 11 is 3.38. The Hall–Kier alpha value is -3.70. The lowest BCUT2D eigenvalue weighted by molar-refractivity contribution is -0.138. The van der Waals surface area contributed by atoms with Gasteiger partial charge in [-0.05, 0) is 89.8 Å². The summed E-state index contributed by atoms with van der Waals surface area (Å²) in [7, 11) is 0. The van der Waals surface area contributed by atoms with Gasteiger partial charge in [-0.25, -0.2) is 15.0 Å². The zero-order valence-electron chi connectivity index (χ0n) is 24.0. The molecule has 42 heavy (non-hydrogen) atoms. The second-order valence-corrected chi connectivity index (χ2v) is 13.0. The molecule has 1 N–H and O–H groups in total. The second kappa shape index (κ2) is 9.95. The number of hydrogen-bond acceptors (Lipinski definition) is 7. The number of nitrogens with zero attached hydrogens (tertiary/aromatic N) is 6. The molecule has 0 unspecified atom stereocenters. The number of carbonyl (C=O) groups excluding carboxylic acids is 2. The predicted octanol–water partition coefficient (Wildman–Crippen LogP) is 4.71. The third-order valence-electron chi connectivity index (χ3n) is 9.02. The number of aryl methyl sites for hydroxylation is 3. The largest absolute Gasteiger partial charge is 0.380 e. The molecule has 3 aliphatic rings. The molecule has 1 saturated carbocycles. The van der Waals surface area contributed by atoms with Crippen molar-refractivity contribution in [1.82, 2.24) is 29.6 Å². The molecule has 2 saturated heterocycles. The van der Waals surface area contributed by atoms with Gasteiger partial charge in [-0.15, -0.1) is 0 Å². The second-order valence-electron chi connectivity index (χ2n) is 12.2. The van der Waals surface area contributed by atoms with E-state index < -0.39 is 6.04 Å². The Bertz CT molecular complexity index is 1750. The molecule has 1 aromatic carbocycles. The number of pyridine rings is 1. The summed E-state index contributed by atoms with van der Waals surface area (Å²) in [5.41, 5.74) is 5.63. The standard InChI is InChI=1S/C31H32BrN7O3/c1-16-5-6-25(32)35-29(16)36-30(41)23-9-31(4)10-24(31)39(23)26(40)13-38-28-17(2)7-19(20-11-33-18(3)34-12-20)8-22(28)27(37-38)21-14-42-15-21/h5-8,11-12,21,23-24H,9-10,13-15H2,1-4H3,(H,35,36,41)/t23-,24+,31-/m0/s1. The molecule has 1 aliphatic carbocycles. The van der Waals surface area contributed by atoms with Gasteiger partial charge >= 0.3 is 0 Å². The normalized spacial score (nSPS) is 23.1. The SMILES string of the molecule is Cc1ncc(-c2cc(C)c3c(c2)c(C2COC2)nn3CC(=O)N2[C@H](C(=O)Nc3nc(Br)ccc3C)C[C@@]3(C)C[C@@H]23)cn1. The number of hydrogen-bond donors (Lipinski definition) is 1. The van der Waals surface area contributed by atoms with Gasteiger partial charge in [-0.2, -0.15) is 5.10 Å². The number of benzene rings is 1. The van der Waals surface area contributed by atoms with Gasteiger partial charge < -0.3 is 15.0 Å². The van der Waals surface area contributed by atoms with Crippen molar-refractivity contribution in [1.29, 1.82) is 0 Å². The molecule has 2 amide bonds. The summed E-state index contributed by atoms with van der Waals surface area (Å²) in [6.45, 7) is 9.24. The number of fused-ring (bicyclic) bond motifs is 2. The van der Waals surface area contributed by atoms with E-state index in [0.29, 0.717) is 30.1 Å². The minimum absolute atomic E-state index is 0.0427. The van der Waals surface area contributed by atoms with Crippen molar-refractivity contribution >= 4 is 44.5 Å². The third-order valence-corrected chi connectivity index (χ3v) is 9.46. The monoisotopic (exact) mass is 629 g/mol. The number of halogens is 1. The highest BCUT2D eigenvalue weighted by Gasteiger charge is 2.64. The van der Waals surface area contributed by atoms with Crippen molar-refractivity contribution in [2.75, 3.05) is 18.5 Å². The predicted molar refractivity (Wildman–Crippen MR) is 161 cm³/mol. The number of ether oxygens (including phenoxy) is 1. The van der Waals surface area contributed by atoms with Crippen molar-refractivity contribution in [3.05, 3.63) is 63.9 Å². The number of piperidine rings is 1.